The summed E-state index contributed by atoms with van der Waals surface area (Å²) in [5, 5.41) is 0. The third-order valence-corrected chi connectivity index (χ3v) is 3.05. The molecule has 16 heavy (non-hydrogen) atoms. The predicted molar refractivity (Wildman–Crippen MR) is 62.4 cm³/mol. The van der Waals surface area contributed by atoms with Crippen molar-refractivity contribution in [1.29, 1.82) is 0 Å². The van der Waals surface area contributed by atoms with E-state index in [1.807, 2.05) is 18.3 Å². The maximum atomic E-state index is 5.13. The molecule has 0 aromatic carbocycles. The molecule has 2 heterocycles. The molecule has 2 rings (SSSR count). The van der Waals surface area contributed by atoms with Crippen molar-refractivity contribution < 1.29 is 4.84 Å². The molecule has 1 aliphatic heterocycles. The highest BCUT2D eigenvalue weighted by molar-refractivity contribution is 5.03. The maximum absolute atomic E-state index is 5.13. The van der Waals surface area contributed by atoms with Crippen LogP contribution < -0.4 is 5.90 Å². The Morgan fingerprint density at radius 3 is 3.19 bits per heavy atom. The molecule has 1 fully saturated rings. The van der Waals surface area contributed by atoms with E-state index in [1.165, 1.54) is 12.8 Å². The molecule has 4 nitrogen and oxygen atoms in total. The number of rotatable bonds is 4. The van der Waals surface area contributed by atoms with Gasteiger partial charge in [0, 0.05) is 19.3 Å². The fourth-order valence-corrected chi connectivity index (χ4v) is 2.29. The number of nitrogens with zero attached hydrogens (tertiary/aromatic N) is 2. The molecule has 4 heteroatoms. The van der Waals surface area contributed by atoms with E-state index in [2.05, 4.69) is 16.0 Å². The third-order valence-electron chi connectivity index (χ3n) is 3.05. The van der Waals surface area contributed by atoms with Crippen LogP contribution in [0.5, 0.6) is 0 Å². The molecule has 1 aromatic rings. The lowest BCUT2D eigenvalue weighted by molar-refractivity contribution is 0.0582. The van der Waals surface area contributed by atoms with Crippen molar-refractivity contribution in [2.24, 2.45) is 11.8 Å². The summed E-state index contributed by atoms with van der Waals surface area (Å²) in [7, 11) is 0. The second-order valence-corrected chi connectivity index (χ2v) is 4.40. The summed E-state index contributed by atoms with van der Waals surface area (Å²) in [6.07, 6.45) is 4.29. The zero-order valence-corrected chi connectivity index (χ0v) is 9.51. The fourth-order valence-electron chi connectivity index (χ4n) is 2.29. The Hall–Kier alpha value is -0.970. The second kappa shape index (κ2) is 5.94. The zero-order valence-electron chi connectivity index (χ0n) is 9.51. The average molecular weight is 221 g/mol. The van der Waals surface area contributed by atoms with Gasteiger partial charge in [0.15, 0.2) is 0 Å². The van der Waals surface area contributed by atoms with Gasteiger partial charge in [-0.2, -0.15) is 0 Å². The molecule has 1 atom stereocenters. The van der Waals surface area contributed by atoms with Gasteiger partial charge < -0.3 is 4.84 Å². The number of piperidine rings is 1. The lowest BCUT2D eigenvalue weighted by Crippen LogP contribution is -2.37. The Labute approximate surface area is 96.4 Å². The van der Waals surface area contributed by atoms with Gasteiger partial charge in [-0.3, -0.25) is 9.88 Å². The minimum absolute atomic E-state index is 0.572. The van der Waals surface area contributed by atoms with E-state index in [0.29, 0.717) is 12.5 Å². The summed E-state index contributed by atoms with van der Waals surface area (Å²) in [4.78, 5) is 11.5. The van der Waals surface area contributed by atoms with Crippen LogP contribution in [0.1, 0.15) is 18.5 Å². The smallest absolute Gasteiger partial charge is 0.0719 e. The van der Waals surface area contributed by atoms with Gasteiger partial charge in [0.1, 0.15) is 0 Å². The van der Waals surface area contributed by atoms with E-state index < -0.39 is 0 Å². The van der Waals surface area contributed by atoms with Gasteiger partial charge in [0.05, 0.1) is 12.3 Å². The topological polar surface area (TPSA) is 51.4 Å². The molecule has 0 saturated carbocycles. The molecule has 0 spiro atoms. The summed E-state index contributed by atoms with van der Waals surface area (Å²) in [6, 6.07) is 6.06. The van der Waals surface area contributed by atoms with Crippen LogP contribution in [-0.2, 0) is 11.4 Å². The van der Waals surface area contributed by atoms with Crippen molar-refractivity contribution in [3.05, 3.63) is 30.1 Å². The van der Waals surface area contributed by atoms with Crippen molar-refractivity contribution in [1.82, 2.24) is 9.88 Å². The van der Waals surface area contributed by atoms with Crippen molar-refractivity contribution in [3.8, 4) is 0 Å². The molecule has 0 bridgehead atoms. The largest absolute Gasteiger partial charge is 0.304 e. The van der Waals surface area contributed by atoms with Gasteiger partial charge in [-0.05, 0) is 37.4 Å². The number of likely N-dealkylation sites (tertiary alicyclic amines) is 1. The molecule has 0 aliphatic carbocycles. The van der Waals surface area contributed by atoms with Crippen LogP contribution in [0, 0.1) is 5.92 Å². The summed E-state index contributed by atoms with van der Waals surface area (Å²) >= 11 is 0. The zero-order chi connectivity index (χ0) is 11.2. The Kier molecular flexibility index (Phi) is 4.27. The molecule has 1 saturated heterocycles. The summed E-state index contributed by atoms with van der Waals surface area (Å²) in [5.41, 5.74) is 1.14. The molecule has 2 N–H and O–H groups in total. The normalized spacial score (nSPS) is 22.2. The molecule has 0 amide bonds. The van der Waals surface area contributed by atoms with E-state index >= 15 is 0 Å². The molecule has 1 unspecified atom stereocenters. The van der Waals surface area contributed by atoms with Gasteiger partial charge in [-0.1, -0.05) is 6.07 Å². The first-order valence-electron chi connectivity index (χ1n) is 5.82. The quantitative estimate of drug-likeness (QED) is 0.776. The lowest BCUT2D eigenvalue weighted by Gasteiger charge is -2.31. The number of aromatic nitrogens is 1. The van der Waals surface area contributed by atoms with Gasteiger partial charge in [0.25, 0.3) is 0 Å². The number of hydrogen-bond acceptors (Lipinski definition) is 4. The second-order valence-electron chi connectivity index (χ2n) is 4.40. The van der Waals surface area contributed by atoms with Crippen LogP contribution in [-0.4, -0.2) is 29.6 Å². The summed E-state index contributed by atoms with van der Waals surface area (Å²) in [6.45, 7) is 3.81. The van der Waals surface area contributed by atoms with E-state index in [9.17, 15) is 0 Å². The molecule has 0 radical (unpaired) electrons. The number of nitrogens with two attached hydrogens (primary N) is 1. The van der Waals surface area contributed by atoms with Crippen LogP contribution in [0.4, 0.5) is 0 Å². The Morgan fingerprint density at radius 1 is 1.50 bits per heavy atom. The van der Waals surface area contributed by atoms with Crippen molar-refractivity contribution >= 4 is 0 Å². The van der Waals surface area contributed by atoms with Crippen LogP contribution in [0.15, 0.2) is 24.4 Å². The first kappa shape index (κ1) is 11.5. The Balaban J connectivity index is 1.85. The fraction of sp³-hybridized carbons (Fsp3) is 0.583. The van der Waals surface area contributed by atoms with Crippen LogP contribution in [0.2, 0.25) is 0 Å². The predicted octanol–water partition coefficient (Wildman–Crippen LogP) is 1.18. The summed E-state index contributed by atoms with van der Waals surface area (Å²) < 4.78 is 0. The van der Waals surface area contributed by atoms with Crippen molar-refractivity contribution in [2.75, 3.05) is 19.7 Å². The third kappa shape index (κ3) is 3.27. The van der Waals surface area contributed by atoms with Crippen LogP contribution in [0.3, 0.4) is 0 Å². The number of pyridine rings is 1. The van der Waals surface area contributed by atoms with Crippen LogP contribution >= 0.6 is 0 Å². The molecule has 1 aromatic heterocycles. The van der Waals surface area contributed by atoms with E-state index in [0.717, 1.165) is 25.3 Å². The van der Waals surface area contributed by atoms with E-state index in [-0.39, 0.29) is 0 Å². The van der Waals surface area contributed by atoms with Crippen molar-refractivity contribution in [2.45, 2.75) is 19.4 Å². The first-order chi connectivity index (χ1) is 7.88. The minimum atomic E-state index is 0.572. The minimum Gasteiger partial charge on any atom is -0.304 e. The standard InChI is InChI=1S/C12H19N3O/c13-16-10-11-4-3-7-15(8-11)9-12-5-1-2-6-14-12/h1-2,5-6,11H,3-4,7-10,13H2. The average Bonchev–Trinajstić information content (AvgIpc) is 2.31. The first-order valence-corrected chi connectivity index (χ1v) is 5.82. The monoisotopic (exact) mass is 221 g/mol. The lowest BCUT2D eigenvalue weighted by atomic mass is 9.99. The van der Waals surface area contributed by atoms with E-state index in [1.54, 1.807) is 0 Å². The molecular weight excluding hydrogens is 202 g/mol. The van der Waals surface area contributed by atoms with Crippen molar-refractivity contribution in [3.63, 3.8) is 0 Å². The Morgan fingerprint density at radius 2 is 2.44 bits per heavy atom. The Bertz CT molecular complexity index is 302. The van der Waals surface area contributed by atoms with Gasteiger partial charge >= 0.3 is 0 Å². The van der Waals surface area contributed by atoms with Gasteiger partial charge in [-0.15, -0.1) is 0 Å². The van der Waals surface area contributed by atoms with Gasteiger partial charge in [0.2, 0.25) is 0 Å². The molecular formula is C12H19N3O. The number of hydrogen-bond donors (Lipinski definition) is 1. The van der Waals surface area contributed by atoms with Crippen LogP contribution in [0.25, 0.3) is 0 Å². The maximum Gasteiger partial charge on any atom is 0.0719 e. The van der Waals surface area contributed by atoms with E-state index in [4.69, 9.17) is 10.7 Å². The highest BCUT2D eigenvalue weighted by Gasteiger charge is 2.19. The highest BCUT2D eigenvalue weighted by Crippen LogP contribution is 2.17. The van der Waals surface area contributed by atoms with Gasteiger partial charge in [-0.25, -0.2) is 5.90 Å². The molecule has 1 aliphatic rings. The molecule has 88 valence electrons. The summed E-state index contributed by atoms with van der Waals surface area (Å²) in [5.74, 6) is 5.70. The SMILES string of the molecule is NOCC1CCCN(Cc2ccccn2)C1. The highest BCUT2D eigenvalue weighted by atomic mass is 16.6.